The smallest absolute Gasteiger partial charge is 0.256 e. The molecule has 0 spiro atoms. The molecule has 2 aromatic rings. The number of H-pyrrole nitrogens is 1. The fourth-order valence-corrected chi connectivity index (χ4v) is 4.23. The van der Waals surface area contributed by atoms with E-state index in [0.29, 0.717) is 30.6 Å². The van der Waals surface area contributed by atoms with Crippen LogP contribution >= 0.6 is 0 Å². The van der Waals surface area contributed by atoms with Crippen LogP contribution in [0.2, 0.25) is 0 Å². The standard InChI is InChI=1S/C14H18N4O3S/c1-2-16-22(20,21)11-6-7-18(9-11)14(19)12-5-3-4-10-8-15-17-13(10)12/h3-5,8,11,16H,2,6-7,9H2,1H3,(H,15,17)/t11-/m1/s1. The van der Waals surface area contributed by atoms with Crippen molar-refractivity contribution >= 4 is 26.8 Å². The molecule has 1 saturated heterocycles. The first-order valence-corrected chi connectivity index (χ1v) is 8.77. The molecular formula is C14H18N4O3S. The second-order valence-electron chi connectivity index (χ2n) is 5.34. The molecule has 22 heavy (non-hydrogen) atoms. The topological polar surface area (TPSA) is 95.2 Å². The summed E-state index contributed by atoms with van der Waals surface area (Å²) < 4.78 is 26.6. The van der Waals surface area contributed by atoms with Gasteiger partial charge in [-0.1, -0.05) is 19.1 Å². The number of nitrogens with one attached hydrogen (secondary N) is 2. The minimum atomic E-state index is -3.35. The molecule has 1 aromatic carbocycles. The zero-order valence-electron chi connectivity index (χ0n) is 12.2. The first-order valence-electron chi connectivity index (χ1n) is 7.23. The number of para-hydroxylation sites is 1. The van der Waals surface area contributed by atoms with Crippen LogP contribution in [0, 0.1) is 0 Å². The molecule has 0 radical (unpaired) electrons. The Morgan fingerprint density at radius 1 is 1.50 bits per heavy atom. The quantitative estimate of drug-likeness (QED) is 0.867. The van der Waals surface area contributed by atoms with E-state index in [1.807, 2.05) is 6.07 Å². The molecule has 7 nitrogen and oxygen atoms in total. The van der Waals surface area contributed by atoms with Gasteiger partial charge >= 0.3 is 0 Å². The third kappa shape index (κ3) is 2.59. The Morgan fingerprint density at radius 2 is 2.32 bits per heavy atom. The van der Waals surface area contributed by atoms with Crippen molar-refractivity contribution in [2.24, 2.45) is 0 Å². The van der Waals surface area contributed by atoms with E-state index in [2.05, 4.69) is 14.9 Å². The summed E-state index contributed by atoms with van der Waals surface area (Å²) in [6.07, 6.45) is 2.12. The first kappa shape index (κ1) is 15.0. The summed E-state index contributed by atoms with van der Waals surface area (Å²) in [6.45, 7) is 2.77. The number of sulfonamides is 1. The average Bonchev–Trinajstić information content (AvgIpc) is 3.15. The molecule has 1 aromatic heterocycles. The lowest BCUT2D eigenvalue weighted by Gasteiger charge is -2.17. The van der Waals surface area contributed by atoms with Crippen molar-refractivity contribution in [2.45, 2.75) is 18.6 Å². The maximum Gasteiger partial charge on any atom is 0.256 e. The monoisotopic (exact) mass is 322 g/mol. The minimum absolute atomic E-state index is 0.163. The summed E-state index contributed by atoms with van der Waals surface area (Å²) in [6, 6.07) is 5.40. The van der Waals surface area contributed by atoms with Crippen molar-refractivity contribution in [3.63, 3.8) is 0 Å². The third-order valence-corrected chi connectivity index (χ3v) is 5.88. The number of fused-ring (bicyclic) bond motifs is 1. The fourth-order valence-electron chi connectivity index (χ4n) is 2.80. The van der Waals surface area contributed by atoms with Crippen LogP contribution in [0.1, 0.15) is 23.7 Å². The molecule has 0 saturated carbocycles. The highest BCUT2D eigenvalue weighted by Crippen LogP contribution is 2.22. The van der Waals surface area contributed by atoms with E-state index in [4.69, 9.17) is 0 Å². The molecular weight excluding hydrogens is 304 g/mol. The molecule has 0 aliphatic carbocycles. The Bertz CT molecular complexity index is 799. The average molecular weight is 322 g/mol. The van der Waals surface area contributed by atoms with Gasteiger partial charge in [0.2, 0.25) is 10.0 Å². The van der Waals surface area contributed by atoms with Gasteiger partial charge in [0.1, 0.15) is 0 Å². The van der Waals surface area contributed by atoms with E-state index in [9.17, 15) is 13.2 Å². The van der Waals surface area contributed by atoms with Crippen LogP contribution in [0.15, 0.2) is 24.4 Å². The molecule has 1 aliphatic rings. The Kier molecular flexibility index (Phi) is 3.88. The van der Waals surface area contributed by atoms with Crippen molar-refractivity contribution in [2.75, 3.05) is 19.6 Å². The van der Waals surface area contributed by atoms with Gasteiger partial charge in [-0.05, 0) is 12.5 Å². The van der Waals surface area contributed by atoms with Gasteiger partial charge in [0, 0.05) is 25.0 Å². The van der Waals surface area contributed by atoms with E-state index in [1.54, 1.807) is 30.2 Å². The summed E-state index contributed by atoms with van der Waals surface area (Å²) in [7, 11) is -3.35. The zero-order chi connectivity index (χ0) is 15.7. The number of aromatic amines is 1. The van der Waals surface area contributed by atoms with Crippen LogP contribution in [-0.2, 0) is 10.0 Å². The van der Waals surface area contributed by atoms with Crippen molar-refractivity contribution in [3.05, 3.63) is 30.0 Å². The van der Waals surface area contributed by atoms with Crippen molar-refractivity contribution in [1.82, 2.24) is 19.8 Å². The van der Waals surface area contributed by atoms with Crippen LogP contribution < -0.4 is 4.72 Å². The SMILES string of the molecule is CCNS(=O)(=O)[C@@H]1CCN(C(=O)c2cccc3cn[nH]c23)C1. The predicted molar refractivity (Wildman–Crippen MR) is 83.0 cm³/mol. The molecule has 2 heterocycles. The highest BCUT2D eigenvalue weighted by Gasteiger charge is 2.35. The molecule has 1 atom stereocenters. The number of aromatic nitrogens is 2. The number of hydrogen-bond donors (Lipinski definition) is 2. The number of rotatable bonds is 4. The Labute approximate surface area is 128 Å². The molecule has 0 unspecified atom stereocenters. The Morgan fingerprint density at radius 3 is 3.09 bits per heavy atom. The second-order valence-corrected chi connectivity index (χ2v) is 7.39. The van der Waals surface area contributed by atoms with Gasteiger partial charge in [0.05, 0.1) is 22.5 Å². The van der Waals surface area contributed by atoms with E-state index in [1.165, 1.54) is 0 Å². The largest absolute Gasteiger partial charge is 0.337 e. The molecule has 8 heteroatoms. The molecule has 1 amide bonds. The first-order chi connectivity index (χ1) is 10.5. The van der Waals surface area contributed by atoms with E-state index in [0.717, 1.165) is 5.39 Å². The minimum Gasteiger partial charge on any atom is -0.337 e. The van der Waals surface area contributed by atoms with Gasteiger partial charge < -0.3 is 4.90 Å². The van der Waals surface area contributed by atoms with Gasteiger partial charge in [-0.15, -0.1) is 0 Å². The van der Waals surface area contributed by atoms with Gasteiger partial charge in [-0.25, -0.2) is 13.1 Å². The number of hydrogen-bond acceptors (Lipinski definition) is 4. The third-order valence-electron chi connectivity index (χ3n) is 3.92. The lowest BCUT2D eigenvalue weighted by atomic mass is 10.1. The van der Waals surface area contributed by atoms with Gasteiger partial charge in [0.15, 0.2) is 0 Å². The fraction of sp³-hybridized carbons (Fsp3) is 0.429. The van der Waals surface area contributed by atoms with Gasteiger partial charge in [-0.3, -0.25) is 9.89 Å². The number of carbonyl (C=O) groups is 1. The lowest BCUT2D eigenvalue weighted by molar-refractivity contribution is 0.0795. The van der Waals surface area contributed by atoms with Crippen molar-refractivity contribution in [1.29, 1.82) is 0 Å². The summed E-state index contributed by atoms with van der Waals surface area (Å²) in [4.78, 5) is 14.2. The number of benzene rings is 1. The van der Waals surface area contributed by atoms with E-state index < -0.39 is 15.3 Å². The van der Waals surface area contributed by atoms with Gasteiger partial charge in [0.25, 0.3) is 5.91 Å². The second kappa shape index (κ2) is 5.69. The number of carbonyl (C=O) groups excluding carboxylic acids is 1. The molecule has 1 fully saturated rings. The summed E-state index contributed by atoms with van der Waals surface area (Å²) in [5.41, 5.74) is 1.21. The molecule has 118 valence electrons. The number of nitrogens with zero attached hydrogens (tertiary/aromatic N) is 2. The molecule has 2 N–H and O–H groups in total. The molecule has 3 rings (SSSR count). The number of likely N-dealkylation sites (tertiary alicyclic amines) is 1. The number of amides is 1. The van der Waals surface area contributed by atoms with Crippen LogP contribution in [0.25, 0.3) is 10.9 Å². The highest BCUT2D eigenvalue weighted by atomic mass is 32.2. The zero-order valence-corrected chi connectivity index (χ0v) is 13.1. The normalized spacial score (nSPS) is 19.0. The Balaban J connectivity index is 1.81. The summed E-state index contributed by atoms with van der Waals surface area (Å²) in [5.74, 6) is -0.163. The molecule has 0 bridgehead atoms. The molecule has 1 aliphatic heterocycles. The maximum absolute atomic E-state index is 12.7. The lowest BCUT2D eigenvalue weighted by Crippen LogP contribution is -2.37. The predicted octanol–water partition coefficient (Wildman–Crippen LogP) is 0.717. The van der Waals surface area contributed by atoms with E-state index >= 15 is 0 Å². The van der Waals surface area contributed by atoms with Crippen molar-refractivity contribution < 1.29 is 13.2 Å². The Hall–Kier alpha value is -1.93. The van der Waals surface area contributed by atoms with Crippen LogP contribution in [-0.4, -0.2) is 54.3 Å². The van der Waals surface area contributed by atoms with Crippen molar-refractivity contribution in [3.8, 4) is 0 Å². The van der Waals surface area contributed by atoms with Crippen LogP contribution in [0.3, 0.4) is 0 Å². The highest BCUT2D eigenvalue weighted by molar-refractivity contribution is 7.90. The van der Waals surface area contributed by atoms with Crippen LogP contribution in [0.5, 0.6) is 0 Å². The maximum atomic E-state index is 12.7. The van der Waals surface area contributed by atoms with Crippen LogP contribution in [0.4, 0.5) is 0 Å². The van der Waals surface area contributed by atoms with E-state index in [-0.39, 0.29) is 12.5 Å². The summed E-state index contributed by atoms with van der Waals surface area (Å²) in [5, 5.41) is 7.09. The summed E-state index contributed by atoms with van der Waals surface area (Å²) >= 11 is 0. The van der Waals surface area contributed by atoms with Gasteiger partial charge in [-0.2, -0.15) is 5.10 Å².